The number of halogens is 2. The molecule has 1 aromatic carbocycles. The van der Waals surface area contributed by atoms with Crippen LogP contribution in [0.2, 0.25) is 5.02 Å². The zero-order valence-corrected chi connectivity index (χ0v) is 12.9. The summed E-state index contributed by atoms with van der Waals surface area (Å²) < 4.78 is 2.51. The molecule has 0 spiro atoms. The first-order chi connectivity index (χ1) is 9.59. The second-order valence-electron chi connectivity index (χ2n) is 4.44. The van der Waals surface area contributed by atoms with Gasteiger partial charge in [0.1, 0.15) is 6.10 Å². The highest BCUT2D eigenvalue weighted by Crippen LogP contribution is 2.33. The molecule has 1 atom stereocenters. The van der Waals surface area contributed by atoms with Gasteiger partial charge in [0.15, 0.2) is 0 Å². The van der Waals surface area contributed by atoms with Crippen LogP contribution in [0.3, 0.4) is 0 Å². The number of rotatable bonds is 2. The van der Waals surface area contributed by atoms with E-state index in [9.17, 15) is 5.11 Å². The predicted molar refractivity (Wildman–Crippen MR) is 81.7 cm³/mol. The van der Waals surface area contributed by atoms with Gasteiger partial charge in [-0.3, -0.25) is 9.67 Å². The van der Waals surface area contributed by atoms with Crippen molar-refractivity contribution in [3.8, 4) is 0 Å². The lowest BCUT2D eigenvalue weighted by atomic mass is 10.0. The van der Waals surface area contributed by atoms with Crippen LogP contribution >= 0.6 is 27.5 Å². The van der Waals surface area contributed by atoms with Gasteiger partial charge >= 0.3 is 0 Å². The lowest BCUT2D eigenvalue weighted by Crippen LogP contribution is -2.08. The first-order valence-electron chi connectivity index (χ1n) is 5.98. The summed E-state index contributed by atoms with van der Waals surface area (Å²) in [7, 11) is 1.75. The van der Waals surface area contributed by atoms with E-state index in [-0.39, 0.29) is 0 Å². The normalized spacial score (nSPS) is 12.8. The molecule has 1 N–H and O–H groups in total. The Morgan fingerprint density at radius 2 is 2.15 bits per heavy atom. The Morgan fingerprint density at radius 3 is 2.85 bits per heavy atom. The monoisotopic (exact) mass is 351 g/mol. The van der Waals surface area contributed by atoms with Crippen molar-refractivity contribution in [1.82, 2.24) is 14.8 Å². The molecule has 0 saturated heterocycles. The van der Waals surface area contributed by atoms with Crippen LogP contribution in [0.4, 0.5) is 0 Å². The molecule has 3 rings (SSSR count). The van der Waals surface area contributed by atoms with Crippen molar-refractivity contribution < 1.29 is 5.11 Å². The van der Waals surface area contributed by atoms with E-state index < -0.39 is 6.10 Å². The number of aryl methyl sites for hydroxylation is 1. The van der Waals surface area contributed by atoms with Crippen LogP contribution in [0.5, 0.6) is 0 Å². The minimum absolute atomic E-state index is 0.437. The first-order valence-corrected chi connectivity index (χ1v) is 7.15. The number of benzene rings is 1. The van der Waals surface area contributed by atoms with E-state index in [1.54, 1.807) is 17.9 Å². The van der Waals surface area contributed by atoms with Crippen LogP contribution in [0.15, 0.2) is 41.1 Å². The molecule has 20 heavy (non-hydrogen) atoms. The lowest BCUT2D eigenvalue weighted by molar-refractivity contribution is 0.211. The summed E-state index contributed by atoms with van der Waals surface area (Å²) in [6.45, 7) is 0. The quantitative estimate of drug-likeness (QED) is 0.768. The summed E-state index contributed by atoms with van der Waals surface area (Å²) in [5.74, 6) is 0. The number of fused-ring (bicyclic) bond motifs is 1. The molecule has 2 heterocycles. The first kappa shape index (κ1) is 13.5. The van der Waals surface area contributed by atoms with Gasteiger partial charge in [0.05, 0.1) is 22.4 Å². The molecule has 2 aromatic heterocycles. The number of aromatic nitrogens is 3. The van der Waals surface area contributed by atoms with Crippen LogP contribution in [0.1, 0.15) is 17.4 Å². The molecule has 0 saturated carbocycles. The third-order valence-corrected chi connectivity index (χ3v) is 4.22. The van der Waals surface area contributed by atoms with Gasteiger partial charge in [0.2, 0.25) is 0 Å². The maximum Gasteiger partial charge on any atom is 0.124 e. The molecule has 0 radical (unpaired) electrons. The van der Waals surface area contributed by atoms with E-state index in [4.69, 9.17) is 11.6 Å². The molecule has 4 nitrogen and oxygen atoms in total. The van der Waals surface area contributed by atoms with Crippen molar-refractivity contribution in [1.29, 1.82) is 0 Å². The minimum atomic E-state index is -0.875. The van der Waals surface area contributed by atoms with Crippen LogP contribution in [0, 0.1) is 0 Å². The zero-order chi connectivity index (χ0) is 14.3. The van der Waals surface area contributed by atoms with Gasteiger partial charge in [-0.25, -0.2) is 0 Å². The fourth-order valence-corrected chi connectivity index (χ4v) is 2.98. The number of hydrogen-bond acceptors (Lipinski definition) is 3. The number of aliphatic hydroxyl groups is 1. The third-order valence-electron chi connectivity index (χ3n) is 3.24. The molecule has 0 bridgehead atoms. The average Bonchev–Trinajstić information content (AvgIpc) is 2.78. The van der Waals surface area contributed by atoms with Gasteiger partial charge in [-0.2, -0.15) is 5.10 Å². The molecule has 3 aromatic rings. The molecule has 0 amide bonds. The van der Waals surface area contributed by atoms with Crippen molar-refractivity contribution in [2.45, 2.75) is 6.10 Å². The van der Waals surface area contributed by atoms with E-state index in [1.807, 2.05) is 24.3 Å². The van der Waals surface area contributed by atoms with Crippen LogP contribution < -0.4 is 0 Å². The Morgan fingerprint density at radius 1 is 1.35 bits per heavy atom. The smallest absolute Gasteiger partial charge is 0.124 e. The molecule has 102 valence electrons. The molecular formula is C14H11BrClN3O. The van der Waals surface area contributed by atoms with Crippen LogP contribution in [0.25, 0.3) is 10.9 Å². The van der Waals surface area contributed by atoms with Crippen molar-refractivity contribution in [3.05, 3.63) is 57.4 Å². The van der Waals surface area contributed by atoms with E-state index in [0.717, 1.165) is 15.4 Å². The Labute approximate surface area is 129 Å². The molecule has 6 heteroatoms. The number of pyridine rings is 1. The van der Waals surface area contributed by atoms with Crippen molar-refractivity contribution in [3.63, 3.8) is 0 Å². The summed E-state index contributed by atoms with van der Waals surface area (Å²) in [6.07, 6.45) is 2.35. The van der Waals surface area contributed by atoms with Crippen molar-refractivity contribution in [2.75, 3.05) is 0 Å². The standard InChI is InChI=1S/C14H11BrClN3O/c1-19-13(11(16)7-18-19)14(20)9-4-5-10(15)8-3-2-6-17-12(8)9/h2-7,14,20H,1H3. The van der Waals surface area contributed by atoms with Crippen molar-refractivity contribution >= 4 is 38.4 Å². The SMILES string of the molecule is Cn1ncc(Cl)c1C(O)c1ccc(Br)c2cccnc12. The Bertz CT molecular complexity index is 768. The van der Waals surface area contributed by atoms with Crippen molar-refractivity contribution in [2.24, 2.45) is 7.05 Å². The summed E-state index contributed by atoms with van der Waals surface area (Å²) in [6, 6.07) is 7.55. The molecular weight excluding hydrogens is 342 g/mol. The highest BCUT2D eigenvalue weighted by Gasteiger charge is 2.21. The predicted octanol–water partition coefficient (Wildman–Crippen LogP) is 3.47. The minimum Gasteiger partial charge on any atom is -0.382 e. The van der Waals surface area contributed by atoms with E-state index >= 15 is 0 Å². The second-order valence-corrected chi connectivity index (χ2v) is 5.70. The zero-order valence-electron chi connectivity index (χ0n) is 10.6. The van der Waals surface area contributed by atoms with Gasteiger partial charge in [0.25, 0.3) is 0 Å². The van der Waals surface area contributed by atoms with E-state index in [0.29, 0.717) is 16.3 Å². The van der Waals surface area contributed by atoms with Gasteiger partial charge in [-0.15, -0.1) is 0 Å². The lowest BCUT2D eigenvalue weighted by Gasteiger charge is -2.14. The summed E-state index contributed by atoms with van der Waals surface area (Å²) in [5, 5.41) is 16.1. The van der Waals surface area contributed by atoms with Gasteiger partial charge < -0.3 is 5.11 Å². The van der Waals surface area contributed by atoms with Crippen LogP contribution in [-0.4, -0.2) is 19.9 Å². The topological polar surface area (TPSA) is 50.9 Å². The summed E-state index contributed by atoms with van der Waals surface area (Å²) in [4.78, 5) is 4.37. The van der Waals surface area contributed by atoms with E-state index in [2.05, 4.69) is 26.0 Å². The highest BCUT2D eigenvalue weighted by atomic mass is 79.9. The number of nitrogens with zero attached hydrogens (tertiary/aromatic N) is 3. The molecule has 1 unspecified atom stereocenters. The largest absolute Gasteiger partial charge is 0.382 e. The van der Waals surface area contributed by atoms with Gasteiger partial charge in [-0.1, -0.05) is 39.7 Å². The summed E-state index contributed by atoms with van der Waals surface area (Å²) >= 11 is 9.59. The molecule has 0 aliphatic carbocycles. The Hall–Kier alpha value is -1.43. The Kier molecular flexibility index (Phi) is 3.50. The summed E-state index contributed by atoms with van der Waals surface area (Å²) in [5.41, 5.74) is 2.00. The fourth-order valence-electron chi connectivity index (χ4n) is 2.26. The number of hydrogen-bond donors (Lipinski definition) is 1. The molecule has 0 aliphatic heterocycles. The number of aliphatic hydroxyl groups excluding tert-OH is 1. The molecule has 0 aliphatic rings. The highest BCUT2D eigenvalue weighted by molar-refractivity contribution is 9.10. The van der Waals surface area contributed by atoms with Gasteiger partial charge in [0, 0.05) is 28.7 Å². The second kappa shape index (κ2) is 5.16. The maximum absolute atomic E-state index is 10.6. The van der Waals surface area contributed by atoms with Crippen LogP contribution in [-0.2, 0) is 7.05 Å². The van der Waals surface area contributed by atoms with E-state index in [1.165, 1.54) is 6.20 Å². The average molecular weight is 353 g/mol. The van der Waals surface area contributed by atoms with Gasteiger partial charge in [-0.05, 0) is 12.1 Å². The third kappa shape index (κ3) is 2.12. The fraction of sp³-hybridized carbons (Fsp3) is 0.143. The maximum atomic E-state index is 10.6. The Balaban J connectivity index is 2.23. The molecule has 0 fully saturated rings.